The van der Waals surface area contributed by atoms with Crippen molar-refractivity contribution >= 4 is 0 Å². The smallest absolute Gasteiger partial charge is 0.0640 e. The standard InChI is InChI=1S/C9H17NO/c1-11-9(7-2-3-7)8-4-5-10-6-8/h7-10H,2-6H2,1H3. The van der Waals surface area contributed by atoms with Crippen LogP contribution in [-0.4, -0.2) is 26.3 Å². The Hall–Kier alpha value is -0.0800. The molecule has 0 bridgehead atoms. The number of nitrogens with one attached hydrogen (secondary N) is 1. The average molecular weight is 155 g/mol. The Morgan fingerprint density at radius 2 is 2.09 bits per heavy atom. The zero-order valence-electron chi connectivity index (χ0n) is 7.18. The second kappa shape index (κ2) is 3.11. The fourth-order valence-electron chi connectivity index (χ4n) is 2.15. The highest BCUT2D eigenvalue weighted by Gasteiger charge is 2.37. The molecule has 0 amide bonds. The van der Waals surface area contributed by atoms with Gasteiger partial charge in [0.1, 0.15) is 0 Å². The molecule has 0 spiro atoms. The lowest BCUT2D eigenvalue weighted by Crippen LogP contribution is -2.26. The van der Waals surface area contributed by atoms with Gasteiger partial charge in [0.25, 0.3) is 0 Å². The first-order valence-electron chi connectivity index (χ1n) is 4.65. The highest BCUT2D eigenvalue weighted by molar-refractivity contribution is 4.89. The summed E-state index contributed by atoms with van der Waals surface area (Å²) < 4.78 is 5.52. The van der Waals surface area contributed by atoms with Gasteiger partial charge in [0.2, 0.25) is 0 Å². The first-order chi connectivity index (χ1) is 5.42. The van der Waals surface area contributed by atoms with Crippen molar-refractivity contribution in [1.82, 2.24) is 5.32 Å². The van der Waals surface area contributed by atoms with Gasteiger partial charge in [-0.25, -0.2) is 0 Å². The van der Waals surface area contributed by atoms with Crippen LogP contribution in [0.4, 0.5) is 0 Å². The highest BCUT2D eigenvalue weighted by Crippen LogP contribution is 2.38. The molecule has 2 aliphatic rings. The van der Waals surface area contributed by atoms with Crippen LogP contribution >= 0.6 is 0 Å². The van der Waals surface area contributed by atoms with Gasteiger partial charge in [-0.3, -0.25) is 0 Å². The van der Waals surface area contributed by atoms with Crippen molar-refractivity contribution in [3.8, 4) is 0 Å². The fraction of sp³-hybridized carbons (Fsp3) is 1.00. The summed E-state index contributed by atoms with van der Waals surface area (Å²) in [6.45, 7) is 2.37. The van der Waals surface area contributed by atoms with Gasteiger partial charge < -0.3 is 10.1 Å². The van der Waals surface area contributed by atoms with Crippen LogP contribution in [0.2, 0.25) is 0 Å². The lowest BCUT2D eigenvalue weighted by Gasteiger charge is -2.20. The molecule has 1 aliphatic carbocycles. The molecule has 2 atom stereocenters. The van der Waals surface area contributed by atoms with Crippen molar-refractivity contribution in [2.24, 2.45) is 11.8 Å². The van der Waals surface area contributed by atoms with E-state index in [2.05, 4.69) is 5.32 Å². The van der Waals surface area contributed by atoms with Gasteiger partial charge in [0, 0.05) is 13.7 Å². The van der Waals surface area contributed by atoms with Crippen LogP contribution in [0, 0.1) is 11.8 Å². The van der Waals surface area contributed by atoms with E-state index in [1.807, 2.05) is 7.11 Å². The summed E-state index contributed by atoms with van der Waals surface area (Å²) in [5, 5.41) is 3.39. The number of hydrogen-bond donors (Lipinski definition) is 1. The molecule has 1 N–H and O–H groups in total. The lowest BCUT2D eigenvalue weighted by molar-refractivity contribution is 0.0416. The van der Waals surface area contributed by atoms with E-state index in [0.29, 0.717) is 6.10 Å². The van der Waals surface area contributed by atoms with Gasteiger partial charge in [-0.15, -0.1) is 0 Å². The lowest BCUT2D eigenvalue weighted by atomic mass is 9.98. The second-order valence-electron chi connectivity index (χ2n) is 3.79. The van der Waals surface area contributed by atoms with Crippen molar-refractivity contribution < 1.29 is 4.74 Å². The molecular weight excluding hydrogens is 138 g/mol. The third-order valence-corrected chi connectivity index (χ3v) is 2.92. The molecule has 1 saturated carbocycles. The predicted molar refractivity (Wildman–Crippen MR) is 44.5 cm³/mol. The summed E-state index contributed by atoms with van der Waals surface area (Å²) in [6.07, 6.45) is 4.67. The SMILES string of the molecule is COC(C1CC1)C1CCNC1. The van der Waals surface area contributed by atoms with E-state index in [4.69, 9.17) is 4.74 Å². The molecule has 64 valence electrons. The number of rotatable bonds is 3. The van der Waals surface area contributed by atoms with Crippen LogP contribution in [0.1, 0.15) is 19.3 Å². The normalized spacial score (nSPS) is 34.1. The maximum atomic E-state index is 5.52. The Balaban J connectivity index is 1.87. The molecule has 0 aromatic rings. The molecular formula is C9H17NO. The molecule has 11 heavy (non-hydrogen) atoms. The van der Waals surface area contributed by atoms with Gasteiger partial charge in [-0.2, -0.15) is 0 Å². The molecule has 1 saturated heterocycles. The monoisotopic (exact) mass is 155 g/mol. The van der Waals surface area contributed by atoms with E-state index in [1.54, 1.807) is 0 Å². The van der Waals surface area contributed by atoms with Crippen LogP contribution < -0.4 is 5.32 Å². The van der Waals surface area contributed by atoms with Gasteiger partial charge >= 0.3 is 0 Å². The summed E-state index contributed by atoms with van der Waals surface area (Å²) in [6, 6.07) is 0. The van der Waals surface area contributed by atoms with Crippen molar-refractivity contribution in [2.75, 3.05) is 20.2 Å². The Kier molecular flexibility index (Phi) is 2.14. The van der Waals surface area contributed by atoms with Crippen LogP contribution in [0.3, 0.4) is 0 Å². The number of methoxy groups -OCH3 is 1. The van der Waals surface area contributed by atoms with Crippen LogP contribution in [-0.2, 0) is 4.74 Å². The van der Waals surface area contributed by atoms with Crippen molar-refractivity contribution in [1.29, 1.82) is 0 Å². The molecule has 0 aromatic carbocycles. The molecule has 2 rings (SSSR count). The van der Waals surface area contributed by atoms with Crippen molar-refractivity contribution in [2.45, 2.75) is 25.4 Å². The van der Waals surface area contributed by atoms with E-state index in [1.165, 1.54) is 32.4 Å². The number of ether oxygens (including phenoxy) is 1. The van der Waals surface area contributed by atoms with E-state index < -0.39 is 0 Å². The van der Waals surface area contributed by atoms with Crippen LogP contribution in [0.15, 0.2) is 0 Å². The van der Waals surface area contributed by atoms with E-state index >= 15 is 0 Å². The van der Waals surface area contributed by atoms with Gasteiger partial charge in [-0.1, -0.05) is 0 Å². The minimum Gasteiger partial charge on any atom is -0.381 e. The van der Waals surface area contributed by atoms with Crippen molar-refractivity contribution in [3.05, 3.63) is 0 Å². The van der Waals surface area contributed by atoms with E-state index in [0.717, 1.165) is 11.8 Å². The largest absolute Gasteiger partial charge is 0.381 e. The second-order valence-corrected chi connectivity index (χ2v) is 3.79. The highest BCUT2D eigenvalue weighted by atomic mass is 16.5. The molecule has 0 aromatic heterocycles. The Labute approximate surface area is 68.3 Å². The molecule has 2 heteroatoms. The topological polar surface area (TPSA) is 21.3 Å². The van der Waals surface area contributed by atoms with Gasteiger partial charge in [0.15, 0.2) is 0 Å². The zero-order chi connectivity index (χ0) is 7.68. The summed E-state index contributed by atoms with van der Waals surface area (Å²) >= 11 is 0. The first-order valence-corrected chi connectivity index (χ1v) is 4.65. The summed E-state index contributed by atoms with van der Waals surface area (Å²) in [7, 11) is 1.86. The number of hydrogen-bond acceptors (Lipinski definition) is 2. The van der Waals surface area contributed by atoms with E-state index in [-0.39, 0.29) is 0 Å². The summed E-state index contributed by atoms with van der Waals surface area (Å²) in [4.78, 5) is 0. The third-order valence-electron chi connectivity index (χ3n) is 2.92. The van der Waals surface area contributed by atoms with Gasteiger partial charge in [0.05, 0.1) is 6.10 Å². The minimum atomic E-state index is 0.560. The average Bonchev–Trinajstić information content (AvgIpc) is 2.68. The molecule has 1 heterocycles. The van der Waals surface area contributed by atoms with Crippen LogP contribution in [0.25, 0.3) is 0 Å². The maximum Gasteiger partial charge on any atom is 0.0640 e. The van der Waals surface area contributed by atoms with Crippen LogP contribution in [0.5, 0.6) is 0 Å². The Morgan fingerprint density at radius 1 is 1.27 bits per heavy atom. The molecule has 1 aliphatic heterocycles. The zero-order valence-corrected chi connectivity index (χ0v) is 7.18. The molecule has 2 fully saturated rings. The minimum absolute atomic E-state index is 0.560. The molecule has 0 radical (unpaired) electrons. The van der Waals surface area contributed by atoms with E-state index in [9.17, 15) is 0 Å². The Bertz CT molecular complexity index is 128. The molecule has 2 unspecified atom stereocenters. The van der Waals surface area contributed by atoms with Crippen molar-refractivity contribution in [3.63, 3.8) is 0 Å². The van der Waals surface area contributed by atoms with Gasteiger partial charge in [-0.05, 0) is 37.6 Å². The summed E-state index contributed by atoms with van der Waals surface area (Å²) in [5.41, 5.74) is 0. The third kappa shape index (κ3) is 1.57. The summed E-state index contributed by atoms with van der Waals surface area (Å²) in [5.74, 6) is 1.69. The Morgan fingerprint density at radius 3 is 2.55 bits per heavy atom. The quantitative estimate of drug-likeness (QED) is 0.657. The maximum absolute atomic E-state index is 5.52. The molecule has 2 nitrogen and oxygen atoms in total. The fourth-order valence-corrected chi connectivity index (χ4v) is 2.15. The first kappa shape index (κ1) is 7.56. The predicted octanol–water partition coefficient (Wildman–Crippen LogP) is 1.02.